The van der Waals surface area contributed by atoms with Crippen molar-refractivity contribution in [2.75, 3.05) is 0 Å². The molecule has 1 unspecified atom stereocenters. The fourth-order valence-electron chi connectivity index (χ4n) is 2.57. The molecular weight excluding hydrogens is 314 g/mol. The van der Waals surface area contributed by atoms with E-state index in [1.165, 1.54) is 11.1 Å². The molecule has 3 heteroatoms. The van der Waals surface area contributed by atoms with Gasteiger partial charge >= 0.3 is 0 Å². The van der Waals surface area contributed by atoms with Gasteiger partial charge in [-0.2, -0.15) is 0 Å². The highest BCUT2D eigenvalue weighted by Gasteiger charge is 2.08. The van der Waals surface area contributed by atoms with Crippen LogP contribution < -0.4 is 5.73 Å². The van der Waals surface area contributed by atoms with Gasteiger partial charge in [-0.25, -0.2) is 0 Å². The van der Waals surface area contributed by atoms with Crippen molar-refractivity contribution in [2.24, 2.45) is 11.7 Å². The Morgan fingerprint density at radius 2 is 1.79 bits per heavy atom. The van der Waals surface area contributed by atoms with Crippen molar-refractivity contribution in [3.8, 4) is 5.75 Å². The highest BCUT2D eigenvalue weighted by atomic mass is 32.1. The second kappa shape index (κ2) is 10.1. The molecule has 1 aromatic carbocycles. The molecule has 1 rings (SSSR count). The molecule has 0 radical (unpaired) electrons. The lowest BCUT2D eigenvalue weighted by Crippen LogP contribution is -2.11. The molecule has 0 saturated heterocycles. The average molecular weight is 344 g/mol. The van der Waals surface area contributed by atoms with Crippen LogP contribution in [0.1, 0.15) is 46.1 Å². The summed E-state index contributed by atoms with van der Waals surface area (Å²) >= 11 is 4.87. The summed E-state index contributed by atoms with van der Waals surface area (Å²) in [6, 6.07) is 7.42. The van der Waals surface area contributed by atoms with Crippen LogP contribution in [0.5, 0.6) is 5.75 Å². The Bertz CT molecular complexity index is 638. The minimum Gasteiger partial charge on any atom is -0.508 e. The Balaban J connectivity index is 2.63. The van der Waals surface area contributed by atoms with Gasteiger partial charge in [-0.1, -0.05) is 37.4 Å². The Morgan fingerprint density at radius 3 is 2.38 bits per heavy atom. The van der Waals surface area contributed by atoms with Crippen molar-refractivity contribution in [1.29, 1.82) is 0 Å². The molecule has 0 spiro atoms. The molecule has 0 aromatic heterocycles. The first-order valence-corrected chi connectivity index (χ1v) is 8.87. The summed E-state index contributed by atoms with van der Waals surface area (Å²) in [4.78, 5) is 0. The highest BCUT2D eigenvalue weighted by Crippen LogP contribution is 2.20. The quantitative estimate of drug-likeness (QED) is 0.373. The van der Waals surface area contributed by atoms with Gasteiger partial charge in [0.25, 0.3) is 0 Å². The van der Waals surface area contributed by atoms with E-state index in [0.29, 0.717) is 11.7 Å². The third-order valence-electron chi connectivity index (χ3n) is 4.40. The topological polar surface area (TPSA) is 46.2 Å². The monoisotopic (exact) mass is 343 g/mol. The van der Waals surface area contributed by atoms with Crippen LogP contribution in [0.25, 0.3) is 0 Å². The van der Waals surface area contributed by atoms with Crippen molar-refractivity contribution in [3.63, 3.8) is 0 Å². The molecule has 130 valence electrons. The van der Waals surface area contributed by atoms with E-state index < -0.39 is 0 Å². The van der Waals surface area contributed by atoms with Crippen LogP contribution in [-0.4, -0.2) is 10.5 Å². The zero-order valence-electron chi connectivity index (χ0n) is 15.2. The number of allylic oxidation sites excluding steroid dienone is 6. The molecule has 1 aromatic rings. The van der Waals surface area contributed by atoms with Crippen molar-refractivity contribution < 1.29 is 5.11 Å². The van der Waals surface area contributed by atoms with E-state index in [2.05, 4.69) is 33.8 Å². The number of nitrogens with two attached hydrogens (primary N) is 1. The summed E-state index contributed by atoms with van der Waals surface area (Å²) in [7, 11) is 0. The molecule has 0 aliphatic carbocycles. The molecule has 24 heavy (non-hydrogen) atoms. The van der Waals surface area contributed by atoms with Crippen LogP contribution in [0.3, 0.4) is 0 Å². The van der Waals surface area contributed by atoms with Gasteiger partial charge in [-0.15, -0.1) is 0 Å². The zero-order chi connectivity index (χ0) is 18.1. The third kappa shape index (κ3) is 6.71. The minimum atomic E-state index is 0.315. The first-order chi connectivity index (χ1) is 11.3. The van der Waals surface area contributed by atoms with Crippen LogP contribution in [-0.2, 0) is 6.42 Å². The van der Waals surface area contributed by atoms with E-state index in [1.54, 1.807) is 17.5 Å². The first-order valence-electron chi connectivity index (χ1n) is 8.40. The molecule has 0 bridgehead atoms. The van der Waals surface area contributed by atoms with E-state index in [0.717, 1.165) is 36.1 Å². The van der Waals surface area contributed by atoms with E-state index in [4.69, 9.17) is 18.0 Å². The fraction of sp³-hybridized carbons (Fsp3) is 0.381. The molecular formula is C21H29NOS. The number of hydrogen-bond donors (Lipinski definition) is 2. The number of phenols is 1. The van der Waals surface area contributed by atoms with Gasteiger partial charge in [0, 0.05) is 11.1 Å². The Labute approximate surface area is 151 Å². The minimum absolute atomic E-state index is 0.315. The van der Waals surface area contributed by atoms with Gasteiger partial charge in [-0.05, 0) is 86.4 Å². The summed E-state index contributed by atoms with van der Waals surface area (Å²) in [5, 5.41) is 10.9. The molecule has 0 amide bonds. The molecule has 0 aliphatic heterocycles. The van der Waals surface area contributed by atoms with Gasteiger partial charge in [-0.3, -0.25) is 0 Å². The predicted molar refractivity (Wildman–Crippen MR) is 108 cm³/mol. The van der Waals surface area contributed by atoms with Gasteiger partial charge in [0.15, 0.2) is 0 Å². The van der Waals surface area contributed by atoms with E-state index >= 15 is 0 Å². The maximum atomic E-state index is 9.31. The summed E-state index contributed by atoms with van der Waals surface area (Å²) in [6.45, 7) is 8.38. The molecule has 2 nitrogen and oxygen atoms in total. The lowest BCUT2D eigenvalue weighted by molar-refractivity contribution is 0.475. The van der Waals surface area contributed by atoms with E-state index in [-0.39, 0.29) is 0 Å². The third-order valence-corrected chi connectivity index (χ3v) is 4.53. The molecule has 3 N–H and O–H groups in total. The second-order valence-electron chi connectivity index (χ2n) is 6.41. The number of phenolic OH excluding ortho intramolecular Hbond substituents is 1. The Kier molecular flexibility index (Phi) is 8.48. The summed E-state index contributed by atoms with van der Waals surface area (Å²) < 4.78 is 0. The maximum absolute atomic E-state index is 9.31. The standard InChI is InChI=1S/C21H29NOS/c1-15(12-13-24)17(3)14-18(4)21(22)16(2)6-5-7-19-8-10-20(23)11-9-19/h8-14,16,23H,5-7,22H2,1-4H3. The fourth-order valence-corrected chi connectivity index (χ4v) is 2.78. The lowest BCUT2D eigenvalue weighted by Gasteiger charge is -2.15. The molecule has 0 fully saturated rings. The van der Waals surface area contributed by atoms with Gasteiger partial charge < -0.3 is 10.8 Å². The molecule has 0 saturated carbocycles. The van der Waals surface area contributed by atoms with Gasteiger partial charge in [0.05, 0.1) is 0 Å². The van der Waals surface area contributed by atoms with Crippen molar-refractivity contribution in [1.82, 2.24) is 0 Å². The Morgan fingerprint density at radius 1 is 1.17 bits per heavy atom. The van der Waals surface area contributed by atoms with Crippen molar-refractivity contribution >= 4 is 17.6 Å². The number of aryl methyl sites for hydroxylation is 1. The zero-order valence-corrected chi connectivity index (χ0v) is 16.0. The van der Waals surface area contributed by atoms with Crippen LogP contribution in [0, 0.1) is 5.92 Å². The van der Waals surface area contributed by atoms with E-state index in [1.807, 2.05) is 18.2 Å². The lowest BCUT2D eigenvalue weighted by atomic mass is 9.95. The number of benzene rings is 1. The van der Waals surface area contributed by atoms with Crippen LogP contribution in [0.4, 0.5) is 0 Å². The number of hydrogen-bond acceptors (Lipinski definition) is 3. The van der Waals surface area contributed by atoms with Crippen molar-refractivity contribution in [3.05, 3.63) is 64.4 Å². The summed E-state index contributed by atoms with van der Waals surface area (Å²) in [5.41, 5.74) is 12.0. The van der Waals surface area contributed by atoms with Gasteiger partial charge in [0.1, 0.15) is 5.75 Å². The number of aromatic hydroxyl groups is 1. The number of thiocarbonyl (C=S) groups is 1. The highest BCUT2D eigenvalue weighted by molar-refractivity contribution is 7.79. The largest absolute Gasteiger partial charge is 0.508 e. The average Bonchev–Trinajstić information content (AvgIpc) is 2.55. The second-order valence-corrected chi connectivity index (χ2v) is 6.68. The van der Waals surface area contributed by atoms with E-state index in [9.17, 15) is 5.11 Å². The van der Waals surface area contributed by atoms with Crippen LogP contribution in [0.15, 0.2) is 58.8 Å². The normalized spacial score (nSPS) is 15.0. The summed E-state index contributed by atoms with van der Waals surface area (Å²) in [5.74, 6) is 0.663. The molecule has 0 heterocycles. The predicted octanol–water partition coefficient (Wildman–Crippen LogP) is 5.48. The molecule has 0 aliphatic rings. The van der Waals surface area contributed by atoms with Crippen molar-refractivity contribution in [2.45, 2.75) is 47.0 Å². The smallest absolute Gasteiger partial charge is 0.115 e. The Hall–Kier alpha value is -1.87. The van der Waals surface area contributed by atoms with Crippen LogP contribution in [0.2, 0.25) is 0 Å². The number of rotatable bonds is 8. The van der Waals surface area contributed by atoms with Crippen LogP contribution >= 0.6 is 12.2 Å². The first kappa shape index (κ1) is 20.2. The molecule has 1 atom stereocenters. The SMILES string of the molecule is CC(=CC=S)C(C)=CC(C)=C(N)C(C)CCCc1ccc(O)cc1. The summed E-state index contributed by atoms with van der Waals surface area (Å²) in [6.07, 6.45) is 7.20. The maximum Gasteiger partial charge on any atom is 0.115 e. The van der Waals surface area contributed by atoms with Gasteiger partial charge in [0.2, 0.25) is 0 Å².